The first-order valence-corrected chi connectivity index (χ1v) is 7.94. The highest BCUT2D eigenvalue weighted by atomic mass is 16.6. The van der Waals surface area contributed by atoms with E-state index < -0.39 is 5.60 Å². The number of likely N-dealkylation sites (tertiary alicyclic amines) is 1. The van der Waals surface area contributed by atoms with E-state index >= 15 is 0 Å². The molecule has 4 heteroatoms. The van der Waals surface area contributed by atoms with E-state index in [1.165, 1.54) is 5.57 Å². The van der Waals surface area contributed by atoms with Gasteiger partial charge in [0.25, 0.3) is 0 Å². The molecule has 0 N–H and O–H groups in total. The molecule has 23 heavy (non-hydrogen) atoms. The third-order valence-electron chi connectivity index (χ3n) is 3.42. The predicted molar refractivity (Wildman–Crippen MR) is 91.0 cm³/mol. The van der Waals surface area contributed by atoms with Crippen LogP contribution in [-0.2, 0) is 4.74 Å². The summed E-state index contributed by atoms with van der Waals surface area (Å²) in [5, 5.41) is 0. The molecule has 4 nitrogen and oxygen atoms in total. The maximum Gasteiger partial charge on any atom is 0.410 e. The lowest BCUT2D eigenvalue weighted by Crippen LogP contribution is -2.40. The Hall–Kier alpha value is -2.28. The summed E-state index contributed by atoms with van der Waals surface area (Å²) in [6.45, 7) is 8.98. The van der Waals surface area contributed by atoms with E-state index in [1.54, 1.807) is 4.90 Å². The Morgan fingerprint density at radius 2 is 2.00 bits per heavy atom. The minimum atomic E-state index is -0.445. The molecule has 2 heterocycles. The standard InChI is InChI=1S/C19H24N2O2/c1-15-7-5-9-17(20-15)10-6-8-16-11-13-21(14-12-16)18(22)23-19(2,3)4/h5,7-9H,11-14H2,1-4H3. The molecule has 122 valence electrons. The maximum absolute atomic E-state index is 12.0. The van der Waals surface area contributed by atoms with Gasteiger partial charge in [0.1, 0.15) is 11.3 Å². The van der Waals surface area contributed by atoms with E-state index in [0.29, 0.717) is 13.1 Å². The van der Waals surface area contributed by atoms with Crippen molar-refractivity contribution in [1.29, 1.82) is 0 Å². The molecular weight excluding hydrogens is 288 g/mol. The van der Waals surface area contributed by atoms with Gasteiger partial charge in [-0.05, 0) is 64.7 Å². The number of pyridine rings is 1. The van der Waals surface area contributed by atoms with E-state index in [1.807, 2.05) is 52.0 Å². The first kappa shape index (κ1) is 17.1. The number of hydrogen-bond donors (Lipinski definition) is 0. The summed E-state index contributed by atoms with van der Waals surface area (Å²) in [6.07, 6.45) is 3.41. The summed E-state index contributed by atoms with van der Waals surface area (Å²) in [5.74, 6) is 6.13. The molecule has 0 saturated carbocycles. The van der Waals surface area contributed by atoms with Crippen molar-refractivity contribution in [3.05, 3.63) is 41.2 Å². The third kappa shape index (κ3) is 5.78. The topological polar surface area (TPSA) is 42.4 Å². The second-order valence-corrected chi connectivity index (χ2v) is 6.70. The Morgan fingerprint density at radius 3 is 2.61 bits per heavy atom. The van der Waals surface area contributed by atoms with Gasteiger partial charge in [-0.25, -0.2) is 9.78 Å². The lowest BCUT2D eigenvalue weighted by atomic mass is 10.0. The van der Waals surface area contributed by atoms with Crippen LogP contribution in [0.15, 0.2) is 29.8 Å². The van der Waals surface area contributed by atoms with Gasteiger partial charge in [0, 0.05) is 18.8 Å². The van der Waals surface area contributed by atoms with Crippen molar-refractivity contribution in [3.63, 3.8) is 0 Å². The van der Waals surface area contributed by atoms with Crippen molar-refractivity contribution >= 4 is 6.09 Å². The average Bonchev–Trinajstić information content (AvgIpc) is 2.46. The molecule has 0 aromatic carbocycles. The SMILES string of the molecule is Cc1cccc(C#CC=C2CCN(C(=O)OC(C)(C)C)CC2)n1. The molecule has 1 aromatic rings. The molecule has 0 atom stereocenters. The number of rotatable bonds is 0. The lowest BCUT2D eigenvalue weighted by molar-refractivity contribution is 0.0236. The summed E-state index contributed by atoms with van der Waals surface area (Å²) >= 11 is 0. The van der Waals surface area contributed by atoms with Gasteiger partial charge in [-0.2, -0.15) is 0 Å². The quantitative estimate of drug-likeness (QED) is 0.686. The number of ether oxygens (including phenoxy) is 1. The van der Waals surface area contributed by atoms with Crippen LogP contribution in [0.25, 0.3) is 0 Å². The molecule has 1 saturated heterocycles. The van der Waals surface area contributed by atoms with Crippen LogP contribution in [0.3, 0.4) is 0 Å². The van der Waals surface area contributed by atoms with Gasteiger partial charge in [-0.15, -0.1) is 0 Å². The van der Waals surface area contributed by atoms with Crippen molar-refractivity contribution in [2.75, 3.05) is 13.1 Å². The maximum atomic E-state index is 12.0. The number of allylic oxidation sites excluding steroid dienone is 1. The minimum absolute atomic E-state index is 0.230. The first-order valence-electron chi connectivity index (χ1n) is 7.94. The number of carbonyl (C=O) groups is 1. The van der Waals surface area contributed by atoms with E-state index in [2.05, 4.69) is 16.8 Å². The van der Waals surface area contributed by atoms with Crippen molar-refractivity contribution in [2.45, 2.75) is 46.1 Å². The molecule has 1 aromatic heterocycles. The van der Waals surface area contributed by atoms with Gasteiger partial charge in [0.2, 0.25) is 0 Å². The highest BCUT2D eigenvalue weighted by Gasteiger charge is 2.24. The Bertz CT molecular complexity index is 650. The monoisotopic (exact) mass is 312 g/mol. The zero-order chi connectivity index (χ0) is 16.9. The van der Waals surface area contributed by atoms with Gasteiger partial charge < -0.3 is 9.64 Å². The molecule has 0 unspecified atom stereocenters. The Kier molecular flexibility index (Phi) is 5.44. The molecule has 1 aliphatic heterocycles. The minimum Gasteiger partial charge on any atom is -0.444 e. The Balaban J connectivity index is 1.88. The molecule has 2 rings (SSSR count). The van der Waals surface area contributed by atoms with Crippen LogP contribution in [-0.4, -0.2) is 34.7 Å². The Labute approximate surface area is 138 Å². The smallest absolute Gasteiger partial charge is 0.410 e. The van der Waals surface area contributed by atoms with Crippen LogP contribution < -0.4 is 0 Å². The molecule has 0 bridgehead atoms. The van der Waals surface area contributed by atoms with Gasteiger partial charge in [-0.3, -0.25) is 0 Å². The lowest BCUT2D eigenvalue weighted by Gasteiger charge is -2.30. The van der Waals surface area contributed by atoms with E-state index in [-0.39, 0.29) is 6.09 Å². The molecule has 0 spiro atoms. The molecule has 0 aliphatic carbocycles. The number of aryl methyl sites for hydroxylation is 1. The molecule has 0 radical (unpaired) electrons. The number of amides is 1. The van der Waals surface area contributed by atoms with Crippen LogP contribution in [0.1, 0.15) is 45.0 Å². The van der Waals surface area contributed by atoms with Crippen LogP contribution in [0.2, 0.25) is 0 Å². The second kappa shape index (κ2) is 7.32. The van der Waals surface area contributed by atoms with Crippen LogP contribution in [0.4, 0.5) is 4.79 Å². The zero-order valence-electron chi connectivity index (χ0n) is 14.3. The van der Waals surface area contributed by atoms with E-state index in [0.717, 1.165) is 24.2 Å². The molecular formula is C19H24N2O2. The largest absolute Gasteiger partial charge is 0.444 e. The molecule has 1 aliphatic rings. The van der Waals surface area contributed by atoms with Crippen LogP contribution in [0.5, 0.6) is 0 Å². The Morgan fingerprint density at radius 1 is 1.30 bits per heavy atom. The summed E-state index contributed by atoms with van der Waals surface area (Å²) in [4.78, 5) is 18.1. The normalized spacial score (nSPS) is 14.8. The fraction of sp³-hybridized carbons (Fsp3) is 0.474. The summed E-state index contributed by atoms with van der Waals surface area (Å²) in [5.41, 5.74) is 2.58. The predicted octanol–water partition coefficient (Wildman–Crippen LogP) is 3.70. The van der Waals surface area contributed by atoms with Crippen LogP contribution >= 0.6 is 0 Å². The molecule has 1 fully saturated rings. The number of hydrogen-bond acceptors (Lipinski definition) is 3. The molecule has 1 amide bonds. The highest BCUT2D eigenvalue weighted by molar-refractivity contribution is 5.68. The average molecular weight is 312 g/mol. The van der Waals surface area contributed by atoms with Crippen molar-refractivity contribution in [1.82, 2.24) is 9.88 Å². The van der Waals surface area contributed by atoms with Gasteiger partial charge in [0.15, 0.2) is 0 Å². The number of nitrogens with zero attached hydrogens (tertiary/aromatic N) is 2. The number of aromatic nitrogens is 1. The van der Waals surface area contributed by atoms with Crippen molar-refractivity contribution < 1.29 is 9.53 Å². The van der Waals surface area contributed by atoms with Crippen LogP contribution in [0, 0.1) is 18.8 Å². The number of carbonyl (C=O) groups excluding carboxylic acids is 1. The third-order valence-corrected chi connectivity index (χ3v) is 3.42. The fourth-order valence-corrected chi connectivity index (χ4v) is 2.27. The van der Waals surface area contributed by atoms with Gasteiger partial charge in [-0.1, -0.05) is 17.6 Å². The number of piperidine rings is 1. The summed E-state index contributed by atoms with van der Waals surface area (Å²) in [7, 11) is 0. The van der Waals surface area contributed by atoms with Crippen molar-refractivity contribution in [3.8, 4) is 11.8 Å². The van der Waals surface area contributed by atoms with E-state index in [4.69, 9.17) is 4.74 Å². The fourth-order valence-electron chi connectivity index (χ4n) is 2.27. The second-order valence-electron chi connectivity index (χ2n) is 6.70. The van der Waals surface area contributed by atoms with Crippen molar-refractivity contribution in [2.24, 2.45) is 0 Å². The summed E-state index contributed by atoms with van der Waals surface area (Å²) < 4.78 is 5.39. The van der Waals surface area contributed by atoms with E-state index in [9.17, 15) is 4.79 Å². The van der Waals surface area contributed by atoms with Gasteiger partial charge >= 0.3 is 6.09 Å². The highest BCUT2D eigenvalue weighted by Crippen LogP contribution is 2.18. The summed E-state index contributed by atoms with van der Waals surface area (Å²) in [6, 6.07) is 5.82. The zero-order valence-corrected chi connectivity index (χ0v) is 14.3. The first-order chi connectivity index (χ1) is 10.8. The van der Waals surface area contributed by atoms with Gasteiger partial charge in [0.05, 0.1) is 0 Å².